The van der Waals surface area contributed by atoms with Crippen LogP contribution in [0.1, 0.15) is 18.9 Å². The lowest BCUT2D eigenvalue weighted by Crippen LogP contribution is -2.28. The van der Waals surface area contributed by atoms with Crippen molar-refractivity contribution in [2.24, 2.45) is 0 Å². The van der Waals surface area contributed by atoms with Gasteiger partial charge in [-0.3, -0.25) is 0 Å². The zero-order valence-electron chi connectivity index (χ0n) is 8.14. The van der Waals surface area contributed by atoms with Crippen molar-refractivity contribution in [2.75, 3.05) is 5.32 Å². The van der Waals surface area contributed by atoms with E-state index in [2.05, 4.69) is 15.5 Å². The Morgan fingerprint density at radius 3 is 3.07 bits per heavy atom. The van der Waals surface area contributed by atoms with Crippen LogP contribution in [0.3, 0.4) is 0 Å². The first-order chi connectivity index (χ1) is 7.17. The van der Waals surface area contributed by atoms with Crippen LogP contribution in [0, 0.1) is 11.3 Å². The van der Waals surface area contributed by atoms with Crippen LogP contribution in [-0.4, -0.2) is 27.3 Å². The first-order valence-electron chi connectivity index (χ1n) is 4.39. The van der Waals surface area contributed by atoms with Crippen molar-refractivity contribution in [1.82, 2.24) is 10.2 Å². The minimum atomic E-state index is -0.957. The maximum absolute atomic E-state index is 10.7. The van der Waals surface area contributed by atoms with Gasteiger partial charge in [0.1, 0.15) is 12.1 Å². The molecule has 15 heavy (non-hydrogen) atoms. The molecule has 1 aromatic rings. The lowest BCUT2D eigenvalue weighted by atomic mass is 10.2. The molecule has 6 nitrogen and oxygen atoms in total. The average Bonchev–Trinajstić information content (AvgIpc) is 2.25. The second-order valence-corrected chi connectivity index (χ2v) is 2.88. The molecule has 0 spiro atoms. The molecule has 2 N–H and O–H groups in total. The second-order valence-electron chi connectivity index (χ2n) is 2.88. The van der Waals surface area contributed by atoms with Gasteiger partial charge in [0.25, 0.3) is 0 Å². The summed E-state index contributed by atoms with van der Waals surface area (Å²) < 4.78 is 0. The van der Waals surface area contributed by atoms with Crippen LogP contribution in [0.2, 0.25) is 0 Å². The Bertz CT molecular complexity index is 399. The van der Waals surface area contributed by atoms with Gasteiger partial charge in [-0.25, -0.2) is 4.79 Å². The van der Waals surface area contributed by atoms with Gasteiger partial charge in [0, 0.05) is 6.07 Å². The van der Waals surface area contributed by atoms with Gasteiger partial charge in [-0.2, -0.15) is 10.4 Å². The Hall–Kier alpha value is -2.16. The van der Waals surface area contributed by atoms with E-state index in [1.165, 1.54) is 12.3 Å². The fraction of sp³-hybridized carbons (Fsp3) is 0.333. The van der Waals surface area contributed by atoms with E-state index in [4.69, 9.17) is 10.4 Å². The van der Waals surface area contributed by atoms with Gasteiger partial charge < -0.3 is 10.4 Å². The molecule has 0 aliphatic heterocycles. The number of hydrogen-bond donors (Lipinski definition) is 2. The smallest absolute Gasteiger partial charge is 0.326 e. The average molecular weight is 206 g/mol. The standard InChI is InChI=1S/C9H10N4O2/c1-2-7(9(14)15)12-8-3-6(4-10)5-11-13-8/h3,5,7H,2H2,1H3,(H,12,13)(H,14,15). The number of carboxylic acid groups (broad SMARTS) is 1. The summed E-state index contributed by atoms with van der Waals surface area (Å²) in [5.74, 6) is -0.662. The fourth-order valence-corrected chi connectivity index (χ4v) is 1.02. The van der Waals surface area contributed by atoms with Crippen molar-refractivity contribution < 1.29 is 9.90 Å². The molecule has 1 unspecified atom stereocenters. The summed E-state index contributed by atoms with van der Waals surface area (Å²) in [6.45, 7) is 1.74. The molecular formula is C9H10N4O2. The van der Waals surface area contributed by atoms with Gasteiger partial charge >= 0.3 is 5.97 Å². The number of anilines is 1. The maximum Gasteiger partial charge on any atom is 0.326 e. The topological polar surface area (TPSA) is 98.9 Å². The second kappa shape index (κ2) is 4.91. The Kier molecular flexibility index (Phi) is 3.57. The molecular weight excluding hydrogens is 196 g/mol. The highest BCUT2D eigenvalue weighted by molar-refractivity contribution is 5.76. The van der Waals surface area contributed by atoms with E-state index in [-0.39, 0.29) is 0 Å². The van der Waals surface area contributed by atoms with Crippen LogP contribution in [0.4, 0.5) is 5.82 Å². The molecule has 0 aliphatic carbocycles. The number of aliphatic carboxylic acids is 1. The molecule has 0 saturated heterocycles. The molecule has 0 fully saturated rings. The predicted octanol–water partition coefficient (Wildman–Crippen LogP) is 0.623. The summed E-state index contributed by atoms with van der Waals surface area (Å²) in [4.78, 5) is 10.7. The summed E-state index contributed by atoms with van der Waals surface area (Å²) >= 11 is 0. The molecule has 0 bridgehead atoms. The maximum atomic E-state index is 10.7. The quantitative estimate of drug-likeness (QED) is 0.749. The summed E-state index contributed by atoms with van der Waals surface area (Å²) in [6, 6.07) is 2.64. The molecule has 6 heteroatoms. The number of carbonyl (C=O) groups is 1. The zero-order chi connectivity index (χ0) is 11.3. The molecule has 1 aromatic heterocycles. The molecule has 1 rings (SSSR count). The largest absolute Gasteiger partial charge is 0.480 e. The summed E-state index contributed by atoms with van der Waals surface area (Å²) in [5, 5.41) is 27.3. The van der Waals surface area contributed by atoms with Crippen molar-refractivity contribution in [1.29, 1.82) is 5.26 Å². The Morgan fingerprint density at radius 1 is 1.80 bits per heavy atom. The van der Waals surface area contributed by atoms with Crippen molar-refractivity contribution in [2.45, 2.75) is 19.4 Å². The third-order valence-corrected chi connectivity index (χ3v) is 1.81. The number of nitrogens with zero attached hydrogens (tertiary/aromatic N) is 3. The van der Waals surface area contributed by atoms with Crippen molar-refractivity contribution in [3.8, 4) is 6.07 Å². The minimum absolute atomic E-state index is 0.295. The Balaban J connectivity index is 2.80. The van der Waals surface area contributed by atoms with Crippen molar-refractivity contribution in [3.63, 3.8) is 0 Å². The number of carboxylic acids is 1. The van der Waals surface area contributed by atoms with Gasteiger partial charge in [0.05, 0.1) is 11.8 Å². The molecule has 0 saturated carbocycles. The van der Waals surface area contributed by atoms with E-state index in [9.17, 15) is 4.79 Å². The van der Waals surface area contributed by atoms with E-state index >= 15 is 0 Å². The molecule has 0 aliphatic rings. The van der Waals surface area contributed by atoms with E-state index in [1.54, 1.807) is 6.92 Å². The van der Waals surface area contributed by atoms with Crippen LogP contribution in [-0.2, 0) is 4.79 Å². The molecule has 1 atom stereocenters. The monoisotopic (exact) mass is 206 g/mol. The third kappa shape index (κ3) is 2.91. The van der Waals surface area contributed by atoms with Crippen molar-refractivity contribution >= 4 is 11.8 Å². The van der Waals surface area contributed by atoms with Crippen LogP contribution in [0.15, 0.2) is 12.3 Å². The third-order valence-electron chi connectivity index (χ3n) is 1.81. The molecule has 0 aromatic carbocycles. The fourth-order valence-electron chi connectivity index (χ4n) is 1.02. The van der Waals surface area contributed by atoms with Gasteiger partial charge in [-0.15, -0.1) is 5.10 Å². The van der Waals surface area contributed by atoms with Gasteiger partial charge in [0.2, 0.25) is 0 Å². The van der Waals surface area contributed by atoms with Gasteiger partial charge in [-0.05, 0) is 6.42 Å². The van der Waals surface area contributed by atoms with E-state index in [0.29, 0.717) is 17.8 Å². The number of nitriles is 1. The Labute approximate surface area is 86.6 Å². The molecule has 78 valence electrons. The van der Waals surface area contributed by atoms with Crippen LogP contribution >= 0.6 is 0 Å². The number of hydrogen-bond acceptors (Lipinski definition) is 5. The normalized spacial score (nSPS) is 11.5. The number of rotatable bonds is 4. The number of aromatic nitrogens is 2. The Morgan fingerprint density at radius 2 is 2.53 bits per heavy atom. The van der Waals surface area contributed by atoms with Gasteiger partial charge in [-0.1, -0.05) is 6.92 Å². The highest BCUT2D eigenvalue weighted by atomic mass is 16.4. The van der Waals surface area contributed by atoms with E-state index in [0.717, 1.165) is 0 Å². The molecule has 1 heterocycles. The highest BCUT2D eigenvalue weighted by Crippen LogP contribution is 2.07. The van der Waals surface area contributed by atoms with E-state index < -0.39 is 12.0 Å². The first-order valence-corrected chi connectivity index (χ1v) is 4.39. The first kappa shape index (κ1) is 10.9. The van der Waals surface area contributed by atoms with Crippen molar-refractivity contribution in [3.05, 3.63) is 17.8 Å². The van der Waals surface area contributed by atoms with E-state index in [1.807, 2.05) is 6.07 Å². The zero-order valence-corrected chi connectivity index (χ0v) is 8.14. The van der Waals surface area contributed by atoms with Crippen LogP contribution in [0.5, 0.6) is 0 Å². The lowest BCUT2D eigenvalue weighted by molar-refractivity contribution is -0.137. The molecule has 0 amide bonds. The summed E-state index contributed by atoms with van der Waals surface area (Å²) in [5.41, 5.74) is 0.341. The number of nitrogens with one attached hydrogen (secondary N) is 1. The SMILES string of the molecule is CCC(Nc1cc(C#N)cnn1)C(=O)O. The predicted molar refractivity (Wildman–Crippen MR) is 52.1 cm³/mol. The van der Waals surface area contributed by atoms with Gasteiger partial charge in [0.15, 0.2) is 5.82 Å². The summed E-state index contributed by atoms with van der Waals surface area (Å²) in [6.07, 6.45) is 1.74. The van der Waals surface area contributed by atoms with Crippen LogP contribution < -0.4 is 5.32 Å². The summed E-state index contributed by atoms with van der Waals surface area (Å²) in [7, 11) is 0. The molecule has 0 radical (unpaired) electrons. The highest BCUT2D eigenvalue weighted by Gasteiger charge is 2.15. The minimum Gasteiger partial charge on any atom is -0.480 e. The van der Waals surface area contributed by atoms with Crippen LogP contribution in [0.25, 0.3) is 0 Å². The lowest BCUT2D eigenvalue weighted by Gasteiger charge is -2.11.